The number of nitrogens with two attached hydrogens (primary N) is 1. The van der Waals surface area contributed by atoms with E-state index in [0.29, 0.717) is 12.4 Å². The lowest BCUT2D eigenvalue weighted by Crippen LogP contribution is -2.37. The summed E-state index contributed by atoms with van der Waals surface area (Å²) in [5.41, 5.74) is 3.64. The van der Waals surface area contributed by atoms with Gasteiger partial charge in [-0.2, -0.15) is 0 Å². The first kappa shape index (κ1) is 15.3. The lowest BCUT2D eigenvalue weighted by molar-refractivity contribution is 0.167. The number of nitrogen functional groups attached to an aromatic ring is 1. The Hall–Kier alpha value is -2.09. The van der Waals surface area contributed by atoms with Gasteiger partial charge in [0.2, 0.25) is 0 Å². The van der Waals surface area contributed by atoms with Crippen molar-refractivity contribution in [1.82, 2.24) is 15.3 Å². The molecule has 1 aliphatic heterocycles. The van der Waals surface area contributed by atoms with Crippen molar-refractivity contribution in [3.8, 4) is 0 Å². The van der Waals surface area contributed by atoms with Crippen molar-refractivity contribution in [2.24, 2.45) is 5.84 Å². The zero-order chi connectivity index (χ0) is 15.2. The largest absolute Gasteiger partial charge is 0.453 e. The number of hydrogen-bond donors (Lipinski definition) is 3. The van der Waals surface area contributed by atoms with Crippen molar-refractivity contribution in [3.63, 3.8) is 0 Å². The fraction of sp³-hybridized carbons (Fsp3) is 0.615. The zero-order valence-electron chi connectivity index (χ0n) is 12.4. The molecule has 1 amide bonds. The molecule has 1 fully saturated rings. The summed E-state index contributed by atoms with van der Waals surface area (Å²) in [7, 11) is 1.37. The molecular weight excluding hydrogens is 272 g/mol. The maximum absolute atomic E-state index is 11.3. The molecule has 0 spiro atoms. The first-order valence-electron chi connectivity index (χ1n) is 7.09. The summed E-state index contributed by atoms with van der Waals surface area (Å²) in [5, 5.41) is 2.82. The number of hydrazine groups is 1. The highest BCUT2D eigenvalue weighted by molar-refractivity contribution is 5.68. The number of alkyl carbamates (subject to hydrolysis) is 1. The molecule has 1 aromatic rings. The summed E-state index contributed by atoms with van der Waals surface area (Å²) in [5.74, 6) is 7.07. The lowest BCUT2D eigenvalue weighted by atomic mass is 10.1. The number of ether oxygens (including phenoxy) is 1. The molecule has 8 nitrogen and oxygen atoms in total. The van der Waals surface area contributed by atoms with E-state index in [-0.39, 0.29) is 6.04 Å². The molecule has 4 N–H and O–H groups in total. The van der Waals surface area contributed by atoms with Crippen LogP contribution in [0.1, 0.15) is 25.3 Å². The lowest BCUT2D eigenvalue weighted by Gasteiger charge is -2.22. The van der Waals surface area contributed by atoms with E-state index in [1.54, 1.807) is 0 Å². The van der Waals surface area contributed by atoms with Crippen LogP contribution in [-0.2, 0) is 11.2 Å². The van der Waals surface area contributed by atoms with Gasteiger partial charge in [0.15, 0.2) is 0 Å². The van der Waals surface area contributed by atoms with Crippen LogP contribution in [0.15, 0.2) is 6.33 Å². The number of carbonyl (C=O) groups is 1. The third kappa shape index (κ3) is 3.52. The van der Waals surface area contributed by atoms with E-state index in [2.05, 4.69) is 37.3 Å². The highest BCUT2D eigenvalue weighted by Gasteiger charge is 2.27. The van der Waals surface area contributed by atoms with Crippen LogP contribution in [0.25, 0.3) is 0 Å². The van der Waals surface area contributed by atoms with Gasteiger partial charge in [0, 0.05) is 18.7 Å². The van der Waals surface area contributed by atoms with E-state index in [1.807, 2.05) is 0 Å². The van der Waals surface area contributed by atoms with Gasteiger partial charge < -0.3 is 20.4 Å². The van der Waals surface area contributed by atoms with Gasteiger partial charge >= 0.3 is 6.09 Å². The number of nitrogens with zero attached hydrogens (tertiary/aromatic N) is 3. The summed E-state index contributed by atoms with van der Waals surface area (Å²) in [4.78, 5) is 22.0. The van der Waals surface area contributed by atoms with Crippen LogP contribution in [0.2, 0.25) is 0 Å². The van der Waals surface area contributed by atoms with Crippen LogP contribution in [0.5, 0.6) is 0 Å². The number of amides is 1. The van der Waals surface area contributed by atoms with E-state index < -0.39 is 6.09 Å². The minimum atomic E-state index is -0.400. The van der Waals surface area contributed by atoms with Crippen LogP contribution in [-0.4, -0.2) is 42.3 Å². The van der Waals surface area contributed by atoms with Crippen molar-refractivity contribution >= 4 is 17.7 Å². The summed E-state index contributed by atoms with van der Waals surface area (Å²) in [6, 6.07) is 0.0659. The molecular formula is C13H22N6O2. The van der Waals surface area contributed by atoms with Crippen LogP contribution < -0.4 is 21.5 Å². The van der Waals surface area contributed by atoms with Crippen LogP contribution in [0, 0.1) is 0 Å². The third-order valence-electron chi connectivity index (χ3n) is 3.55. The summed E-state index contributed by atoms with van der Waals surface area (Å²) >= 11 is 0. The highest BCUT2D eigenvalue weighted by atomic mass is 16.5. The van der Waals surface area contributed by atoms with E-state index in [9.17, 15) is 4.79 Å². The molecule has 0 aromatic carbocycles. The number of carbonyl (C=O) groups excluding carboxylic acids is 1. The number of aromatic nitrogens is 2. The molecule has 2 rings (SSSR count). The molecule has 8 heteroatoms. The Morgan fingerprint density at radius 3 is 3.05 bits per heavy atom. The number of nitrogens with one attached hydrogen (secondary N) is 2. The number of anilines is 2. The Balaban J connectivity index is 2.13. The normalized spacial score (nSPS) is 17.7. The average Bonchev–Trinajstić information content (AvgIpc) is 2.95. The first-order valence-corrected chi connectivity index (χ1v) is 7.09. The van der Waals surface area contributed by atoms with Gasteiger partial charge in [-0.25, -0.2) is 20.6 Å². The summed E-state index contributed by atoms with van der Waals surface area (Å²) in [6.07, 6.45) is 3.79. The smallest absolute Gasteiger partial charge is 0.407 e. The standard InChI is InChI=1S/C13H22N6O2/c1-3-4-10-11(18-14)15-8-16-12(10)19-6-5-9(7-19)17-13(20)21-2/h8-9H,3-7,14H2,1-2H3,(H,17,20)(H,15,16,18). The molecule has 1 unspecified atom stereocenters. The van der Waals surface area contributed by atoms with Crippen molar-refractivity contribution < 1.29 is 9.53 Å². The molecule has 0 aliphatic carbocycles. The molecule has 116 valence electrons. The van der Waals surface area contributed by atoms with E-state index in [4.69, 9.17) is 5.84 Å². The second-order valence-electron chi connectivity index (χ2n) is 4.99. The van der Waals surface area contributed by atoms with Gasteiger partial charge in [0.05, 0.1) is 13.2 Å². The number of methoxy groups -OCH3 is 1. The maximum atomic E-state index is 11.3. The fourth-order valence-electron chi connectivity index (χ4n) is 2.58. The molecule has 0 saturated carbocycles. The van der Waals surface area contributed by atoms with E-state index in [1.165, 1.54) is 13.4 Å². The van der Waals surface area contributed by atoms with Gasteiger partial charge in [-0.3, -0.25) is 0 Å². The van der Waals surface area contributed by atoms with Crippen molar-refractivity contribution in [2.75, 3.05) is 30.5 Å². The van der Waals surface area contributed by atoms with Crippen molar-refractivity contribution in [1.29, 1.82) is 0 Å². The second-order valence-corrected chi connectivity index (χ2v) is 4.99. The quantitative estimate of drug-likeness (QED) is 0.541. The number of hydrogen-bond acceptors (Lipinski definition) is 7. The topological polar surface area (TPSA) is 105 Å². The Morgan fingerprint density at radius 2 is 2.38 bits per heavy atom. The fourth-order valence-corrected chi connectivity index (χ4v) is 2.58. The second kappa shape index (κ2) is 7.07. The summed E-state index contributed by atoms with van der Waals surface area (Å²) < 4.78 is 4.63. The minimum absolute atomic E-state index is 0.0659. The van der Waals surface area contributed by atoms with Crippen molar-refractivity contribution in [3.05, 3.63) is 11.9 Å². The zero-order valence-corrected chi connectivity index (χ0v) is 12.4. The van der Waals surface area contributed by atoms with Crippen LogP contribution in [0.4, 0.5) is 16.4 Å². The van der Waals surface area contributed by atoms with Gasteiger partial charge in [0.25, 0.3) is 0 Å². The van der Waals surface area contributed by atoms with Gasteiger partial charge in [-0.05, 0) is 12.8 Å². The molecule has 0 bridgehead atoms. The average molecular weight is 294 g/mol. The molecule has 1 saturated heterocycles. The van der Waals surface area contributed by atoms with Gasteiger partial charge in [0.1, 0.15) is 18.0 Å². The Kier molecular flexibility index (Phi) is 5.15. The molecule has 1 atom stereocenters. The monoisotopic (exact) mass is 294 g/mol. The van der Waals surface area contributed by atoms with E-state index >= 15 is 0 Å². The Bertz CT molecular complexity index is 496. The molecule has 1 aromatic heterocycles. The summed E-state index contributed by atoms with van der Waals surface area (Å²) in [6.45, 7) is 3.63. The number of rotatable bonds is 5. The minimum Gasteiger partial charge on any atom is -0.453 e. The van der Waals surface area contributed by atoms with Crippen molar-refractivity contribution in [2.45, 2.75) is 32.2 Å². The molecule has 0 radical (unpaired) electrons. The predicted molar refractivity (Wildman–Crippen MR) is 80.0 cm³/mol. The highest BCUT2D eigenvalue weighted by Crippen LogP contribution is 2.27. The maximum Gasteiger partial charge on any atom is 0.407 e. The Morgan fingerprint density at radius 1 is 1.57 bits per heavy atom. The third-order valence-corrected chi connectivity index (χ3v) is 3.55. The SMILES string of the molecule is CCCc1c(NN)ncnc1N1CCC(NC(=O)OC)C1. The molecule has 21 heavy (non-hydrogen) atoms. The van der Waals surface area contributed by atoms with E-state index in [0.717, 1.165) is 37.2 Å². The van der Waals surface area contributed by atoms with Crippen LogP contribution >= 0.6 is 0 Å². The molecule has 2 heterocycles. The predicted octanol–water partition coefficient (Wildman–Crippen LogP) is 0.649. The van der Waals surface area contributed by atoms with Gasteiger partial charge in [-0.15, -0.1) is 0 Å². The molecule has 1 aliphatic rings. The first-order chi connectivity index (χ1) is 10.2. The van der Waals surface area contributed by atoms with Crippen LogP contribution in [0.3, 0.4) is 0 Å². The van der Waals surface area contributed by atoms with Gasteiger partial charge in [-0.1, -0.05) is 13.3 Å². The Labute approximate surface area is 124 Å².